The van der Waals surface area contributed by atoms with Gasteiger partial charge < -0.3 is 20.2 Å². The first-order valence-electron chi connectivity index (χ1n) is 13.0. The van der Waals surface area contributed by atoms with Crippen LogP contribution in [0.5, 0.6) is 0 Å². The van der Waals surface area contributed by atoms with Gasteiger partial charge in [-0.3, -0.25) is 4.79 Å². The zero-order valence-corrected chi connectivity index (χ0v) is 24.0. The summed E-state index contributed by atoms with van der Waals surface area (Å²) in [5, 5.41) is 18.5. The number of nitrogens with zero attached hydrogens (tertiary/aromatic N) is 1. The Morgan fingerprint density at radius 1 is 1.05 bits per heavy atom. The number of aliphatic hydroxyl groups excluding tert-OH is 1. The summed E-state index contributed by atoms with van der Waals surface area (Å²) in [6.07, 6.45) is 1.11. The number of thiazole rings is 1. The largest absolute Gasteiger partial charge is 0.468 e. The molecule has 4 rings (SSSR count). The zero-order valence-electron chi connectivity index (χ0n) is 22.3. The lowest BCUT2D eigenvalue weighted by Crippen LogP contribution is -2.48. The van der Waals surface area contributed by atoms with Gasteiger partial charge in [0, 0.05) is 24.5 Å². The quantitative estimate of drug-likeness (QED) is 0.198. The smallest absolute Gasteiger partial charge is 0.271 e. The molecule has 218 valence electrons. The standard InChI is InChI=1S/C29H31F2N3O5S2/c1-2-19-5-3-6-20(9-19)14-32-15-27(35)25(12-21-10-22(30)13-23(31)11-21)34-29(36)26-16-40-28(33-26)18-41(37,38)17-24-7-4-8-39-24/h3-11,13,16,25,27,32,35H,2,12,14-15,17-18H2,1H3,(H,34,36)/t25-,27-/m0/s1. The van der Waals surface area contributed by atoms with Crippen molar-refractivity contribution in [1.29, 1.82) is 0 Å². The van der Waals surface area contributed by atoms with Gasteiger partial charge in [0.05, 0.1) is 18.4 Å². The number of carbonyl (C=O) groups is 1. The number of carbonyl (C=O) groups excluding carboxylic acids is 1. The van der Waals surface area contributed by atoms with Crippen molar-refractivity contribution >= 4 is 27.1 Å². The molecule has 0 bridgehead atoms. The maximum absolute atomic E-state index is 13.9. The maximum Gasteiger partial charge on any atom is 0.271 e. The van der Waals surface area contributed by atoms with E-state index < -0.39 is 39.5 Å². The average Bonchev–Trinajstić information content (AvgIpc) is 3.59. The Labute approximate surface area is 241 Å². The molecule has 0 radical (unpaired) electrons. The maximum atomic E-state index is 13.9. The molecular weight excluding hydrogens is 572 g/mol. The van der Waals surface area contributed by atoms with Crippen molar-refractivity contribution in [3.8, 4) is 0 Å². The monoisotopic (exact) mass is 603 g/mol. The molecule has 0 unspecified atom stereocenters. The number of hydrogen-bond acceptors (Lipinski definition) is 8. The van der Waals surface area contributed by atoms with Crippen LogP contribution in [0, 0.1) is 11.6 Å². The lowest BCUT2D eigenvalue weighted by molar-refractivity contribution is 0.0825. The number of aromatic nitrogens is 1. The molecule has 3 N–H and O–H groups in total. The SMILES string of the molecule is CCc1cccc(CNC[C@H](O)[C@H](Cc2cc(F)cc(F)c2)NC(=O)c2csc(CS(=O)(=O)Cc3ccco3)n2)c1. The second kappa shape index (κ2) is 13.9. The molecule has 0 aliphatic heterocycles. The predicted octanol–water partition coefficient (Wildman–Crippen LogP) is 4.18. The van der Waals surface area contributed by atoms with Crippen LogP contribution < -0.4 is 10.6 Å². The zero-order chi connectivity index (χ0) is 29.4. The molecule has 2 aromatic carbocycles. The molecule has 0 fully saturated rings. The fourth-order valence-corrected chi connectivity index (χ4v) is 6.82. The summed E-state index contributed by atoms with van der Waals surface area (Å²) in [7, 11) is -3.59. The van der Waals surface area contributed by atoms with E-state index in [1.807, 2.05) is 18.2 Å². The number of hydrogen-bond donors (Lipinski definition) is 3. The summed E-state index contributed by atoms with van der Waals surface area (Å²) in [6, 6.07) is 13.3. The molecule has 2 heterocycles. The van der Waals surface area contributed by atoms with Crippen molar-refractivity contribution in [1.82, 2.24) is 15.6 Å². The summed E-state index contributed by atoms with van der Waals surface area (Å²) in [5.74, 6) is -2.55. The van der Waals surface area contributed by atoms with Crippen LogP contribution in [-0.2, 0) is 40.7 Å². The minimum absolute atomic E-state index is 0.0230. The molecule has 8 nitrogen and oxygen atoms in total. The topological polar surface area (TPSA) is 122 Å². The third-order valence-electron chi connectivity index (χ3n) is 6.31. The van der Waals surface area contributed by atoms with E-state index in [2.05, 4.69) is 28.6 Å². The first kappa shape index (κ1) is 30.5. The number of benzene rings is 2. The van der Waals surface area contributed by atoms with Gasteiger partial charge in [-0.1, -0.05) is 31.2 Å². The summed E-state index contributed by atoms with van der Waals surface area (Å²) in [4.78, 5) is 17.2. The number of halogens is 2. The molecule has 2 atom stereocenters. The van der Waals surface area contributed by atoms with E-state index in [-0.39, 0.29) is 40.7 Å². The number of nitrogens with one attached hydrogen (secondary N) is 2. The molecule has 0 spiro atoms. The van der Waals surface area contributed by atoms with Crippen molar-refractivity contribution in [2.75, 3.05) is 6.54 Å². The fourth-order valence-electron chi connectivity index (χ4n) is 4.31. The lowest BCUT2D eigenvalue weighted by Gasteiger charge is -2.24. The molecule has 0 saturated carbocycles. The molecule has 0 aliphatic carbocycles. The second-order valence-electron chi connectivity index (χ2n) is 9.67. The normalized spacial score (nSPS) is 13.2. The van der Waals surface area contributed by atoms with Gasteiger partial charge in [-0.2, -0.15) is 0 Å². The van der Waals surface area contributed by atoms with Gasteiger partial charge in [-0.05, 0) is 53.8 Å². The van der Waals surface area contributed by atoms with E-state index in [0.29, 0.717) is 12.3 Å². The van der Waals surface area contributed by atoms with Crippen LogP contribution in [0.1, 0.15) is 44.9 Å². The van der Waals surface area contributed by atoms with Gasteiger partial charge in [0.1, 0.15) is 39.6 Å². The number of amides is 1. The van der Waals surface area contributed by atoms with E-state index >= 15 is 0 Å². The first-order chi connectivity index (χ1) is 19.6. The Hall–Kier alpha value is -3.45. The van der Waals surface area contributed by atoms with Crippen molar-refractivity contribution in [2.45, 2.75) is 50.0 Å². The van der Waals surface area contributed by atoms with E-state index in [1.165, 1.54) is 17.2 Å². The van der Waals surface area contributed by atoms with Gasteiger partial charge in [-0.25, -0.2) is 22.2 Å². The minimum Gasteiger partial charge on any atom is -0.468 e. The molecular formula is C29H31F2N3O5S2. The van der Waals surface area contributed by atoms with Crippen molar-refractivity contribution in [3.05, 3.63) is 111 Å². The molecule has 12 heteroatoms. The second-order valence-corrected chi connectivity index (χ2v) is 12.7. The Kier molecular flexibility index (Phi) is 10.4. The number of sulfone groups is 1. The Bertz CT molecular complexity index is 1540. The molecule has 1 amide bonds. The summed E-state index contributed by atoms with van der Waals surface area (Å²) < 4.78 is 57.8. The molecule has 0 saturated heterocycles. The summed E-state index contributed by atoms with van der Waals surface area (Å²) in [5.41, 5.74) is 2.44. The van der Waals surface area contributed by atoms with E-state index in [4.69, 9.17) is 4.42 Å². The molecule has 4 aromatic rings. The van der Waals surface area contributed by atoms with Crippen LogP contribution >= 0.6 is 11.3 Å². The van der Waals surface area contributed by atoms with Crippen LogP contribution in [-0.4, -0.2) is 43.1 Å². The summed E-state index contributed by atoms with van der Waals surface area (Å²) in [6.45, 7) is 2.62. The average molecular weight is 604 g/mol. The highest BCUT2D eigenvalue weighted by atomic mass is 32.2. The van der Waals surface area contributed by atoms with Crippen LogP contribution in [0.4, 0.5) is 8.78 Å². The van der Waals surface area contributed by atoms with E-state index in [9.17, 15) is 27.1 Å². The van der Waals surface area contributed by atoms with Gasteiger partial charge in [-0.15, -0.1) is 11.3 Å². The predicted molar refractivity (Wildman–Crippen MR) is 152 cm³/mol. The van der Waals surface area contributed by atoms with E-state index in [1.54, 1.807) is 12.1 Å². The van der Waals surface area contributed by atoms with Crippen molar-refractivity contribution in [3.63, 3.8) is 0 Å². The Morgan fingerprint density at radius 3 is 2.51 bits per heavy atom. The molecule has 41 heavy (non-hydrogen) atoms. The number of aryl methyl sites for hydroxylation is 1. The number of aliphatic hydroxyl groups is 1. The highest BCUT2D eigenvalue weighted by molar-refractivity contribution is 7.89. The van der Waals surface area contributed by atoms with Gasteiger partial charge in [0.2, 0.25) is 0 Å². The van der Waals surface area contributed by atoms with Gasteiger partial charge in [0.25, 0.3) is 5.91 Å². The minimum atomic E-state index is -3.59. The first-order valence-corrected chi connectivity index (χ1v) is 15.7. The third kappa shape index (κ3) is 9.28. The van der Waals surface area contributed by atoms with E-state index in [0.717, 1.165) is 41.5 Å². The lowest BCUT2D eigenvalue weighted by atomic mass is 10.00. The van der Waals surface area contributed by atoms with Crippen LogP contribution in [0.3, 0.4) is 0 Å². The van der Waals surface area contributed by atoms with Gasteiger partial charge in [0.15, 0.2) is 9.84 Å². The van der Waals surface area contributed by atoms with Crippen molar-refractivity contribution in [2.24, 2.45) is 0 Å². The molecule has 0 aliphatic rings. The van der Waals surface area contributed by atoms with Crippen LogP contribution in [0.25, 0.3) is 0 Å². The number of furan rings is 1. The Balaban J connectivity index is 1.43. The summed E-state index contributed by atoms with van der Waals surface area (Å²) >= 11 is 1.02. The van der Waals surface area contributed by atoms with Crippen molar-refractivity contribution < 1.29 is 31.5 Å². The third-order valence-corrected chi connectivity index (χ3v) is 8.78. The number of rotatable bonds is 14. The highest BCUT2D eigenvalue weighted by Crippen LogP contribution is 2.18. The Morgan fingerprint density at radius 2 is 1.80 bits per heavy atom. The highest BCUT2D eigenvalue weighted by Gasteiger charge is 2.25. The van der Waals surface area contributed by atoms with Gasteiger partial charge >= 0.3 is 0 Å². The fraction of sp³-hybridized carbons (Fsp3) is 0.310. The van der Waals surface area contributed by atoms with Crippen LogP contribution in [0.15, 0.2) is 70.7 Å². The van der Waals surface area contributed by atoms with Crippen LogP contribution in [0.2, 0.25) is 0 Å². The molecule has 2 aromatic heterocycles.